The Balaban J connectivity index is 1.78. The second-order valence-electron chi connectivity index (χ2n) is 6.90. The Morgan fingerprint density at radius 3 is 3.05 bits per heavy atom. The van der Waals surface area contributed by atoms with E-state index >= 15 is 0 Å². The number of allylic oxidation sites excluding steroid dienone is 1. The van der Waals surface area contributed by atoms with Crippen LogP contribution >= 0.6 is 0 Å². The number of fused-ring (bicyclic) bond motifs is 1. The molecule has 5 rings (SSSR count). The maximum Gasteiger partial charge on any atom is 0.418 e. The molecule has 22 heavy (non-hydrogen) atoms. The number of hydrogen-bond acceptors (Lipinski definition) is 3. The second kappa shape index (κ2) is 4.13. The zero-order chi connectivity index (χ0) is 14.9. The Kier molecular flexibility index (Phi) is 2.39. The summed E-state index contributed by atoms with van der Waals surface area (Å²) in [6.45, 7) is 2.35. The smallest absolute Gasteiger partial charge is 0.418 e. The van der Waals surface area contributed by atoms with Gasteiger partial charge in [0, 0.05) is 11.7 Å². The van der Waals surface area contributed by atoms with Gasteiger partial charge < -0.3 is 4.74 Å². The number of hydrogen-bond donors (Lipinski definition) is 0. The van der Waals surface area contributed by atoms with E-state index in [1.165, 1.54) is 31.3 Å². The van der Waals surface area contributed by atoms with Crippen LogP contribution in [0.5, 0.6) is 0 Å². The number of nitrogens with zero attached hydrogens (tertiary/aromatic N) is 2. The van der Waals surface area contributed by atoms with Crippen molar-refractivity contribution in [2.75, 3.05) is 25.1 Å². The molecule has 0 saturated carbocycles. The number of rotatable bonds is 0. The summed E-state index contributed by atoms with van der Waals surface area (Å²) in [7, 11) is 1.47. The monoisotopic (exact) mass is 296 g/mol. The first-order valence-electron chi connectivity index (χ1n) is 8.19. The Morgan fingerprint density at radius 2 is 2.18 bits per heavy atom. The van der Waals surface area contributed by atoms with Gasteiger partial charge in [-0.05, 0) is 49.9 Å². The Morgan fingerprint density at radius 1 is 1.32 bits per heavy atom. The van der Waals surface area contributed by atoms with E-state index in [9.17, 15) is 4.79 Å². The van der Waals surface area contributed by atoms with Gasteiger partial charge in [0.05, 0.1) is 18.2 Å². The van der Waals surface area contributed by atoms with Crippen LogP contribution in [0.4, 0.5) is 10.5 Å². The fraction of sp³-hybridized carbons (Fsp3) is 0.500. The average molecular weight is 296 g/mol. The van der Waals surface area contributed by atoms with E-state index in [2.05, 4.69) is 29.2 Å². The lowest BCUT2D eigenvalue weighted by molar-refractivity contribution is 0.178. The number of anilines is 1. The standard InChI is InChI=1S/C18H20N2O2/c1-22-17(21)20-14-5-3-2-4-13(14)18-9-11-19-10-8-12(16(18)19)6-7-15(18)20/h2-5,7,12,16H,6,8-11H2,1H3/t12-,16+,18+/m0/s1. The highest BCUT2D eigenvalue weighted by atomic mass is 16.5. The first-order chi connectivity index (χ1) is 10.8. The minimum atomic E-state index is -0.259. The fourth-order valence-corrected chi connectivity index (χ4v) is 5.52. The molecule has 4 nitrogen and oxygen atoms in total. The van der Waals surface area contributed by atoms with Crippen molar-refractivity contribution in [3.63, 3.8) is 0 Å². The van der Waals surface area contributed by atoms with Crippen LogP contribution in [0.25, 0.3) is 0 Å². The molecule has 0 unspecified atom stereocenters. The molecule has 0 bridgehead atoms. The molecule has 2 saturated heterocycles. The molecule has 3 aliphatic heterocycles. The van der Waals surface area contributed by atoms with Crippen molar-refractivity contribution in [2.24, 2.45) is 5.92 Å². The van der Waals surface area contributed by atoms with Gasteiger partial charge in [-0.2, -0.15) is 0 Å². The predicted octanol–water partition coefficient (Wildman–Crippen LogP) is 2.89. The number of benzene rings is 1. The molecule has 1 aromatic carbocycles. The van der Waals surface area contributed by atoms with Crippen LogP contribution in [0.3, 0.4) is 0 Å². The third-order valence-electron chi connectivity index (χ3n) is 6.22. The van der Waals surface area contributed by atoms with Crippen LogP contribution in [0, 0.1) is 5.92 Å². The molecule has 3 heterocycles. The van der Waals surface area contributed by atoms with Gasteiger partial charge in [0.25, 0.3) is 0 Å². The molecule has 1 amide bonds. The summed E-state index contributed by atoms with van der Waals surface area (Å²) in [4.78, 5) is 16.9. The van der Waals surface area contributed by atoms with Crippen LogP contribution in [0.1, 0.15) is 24.8 Å². The van der Waals surface area contributed by atoms with Crippen LogP contribution in [-0.4, -0.2) is 37.2 Å². The molecule has 0 N–H and O–H groups in total. The average Bonchev–Trinajstić information content (AvgIpc) is 3.22. The molecule has 1 spiro atoms. The van der Waals surface area contributed by atoms with E-state index in [-0.39, 0.29) is 11.5 Å². The summed E-state index contributed by atoms with van der Waals surface area (Å²) < 4.78 is 5.09. The van der Waals surface area contributed by atoms with E-state index in [1.54, 1.807) is 0 Å². The number of carbonyl (C=O) groups excluding carboxylic acids is 1. The third-order valence-corrected chi connectivity index (χ3v) is 6.22. The molecule has 1 aliphatic carbocycles. The predicted molar refractivity (Wildman–Crippen MR) is 83.8 cm³/mol. The first-order valence-corrected chi connectivity index (χ1v) is 8.19. The molecule has 4 aliphatic rings. The lowest BCUT2D eigenvalue weighted by Gasteiger charge is -2.40. The zero-order valence-electron chi connectivity index (χ0n) is 12.8. The van der Waals surface area contributed by atoms with Gasteiger partial charge in [0.1, 0.15) is 0 Å². The van der Waals surface area contributed by atoms with Crippen molar-refractivity contribution >= 4 is 11.8 Å². The lowest BCUT2D eigenvalue weighted by Crippen LogP contribution is -2.47. The highest BCUT2D eigenvalue weighted by molar-refractivity contribution is 5.97. The molecule has 2 fully saturated rings. The van der Waals surface area contributed by atoms with Crippen LogP contribution < -0.4 is 4.90 Å². The third kappa shape index (κ3) is 1.26. The van der Waals surface area contributed by atoms with Crippen molar-refractivity contribution in [3.05, 3.63) is 41.6 Å². The molecule has 1 aromatic rings. The highest BCUT2D eigenvalue weighted by Gasteiger charge is 2.63. The lowest BCUT2D eigenvalue weighted by atomic mass is 9.66. The van der Waals surface area contributed by atoms with E-state index in [0.29, 0.717) is 6.04 Å². The molecule has 4 heteroatoms. The largest absolute Gasteiger partial charge is 0.452 e. The van der Waals surface area contributed by atoms with Crippen molar-refractivity contribution in [3.8, 4) is 0 Å². The summed E-state index contributed by atoms with van der Waals surface area (Å²) in [5.41, 5.74) is 3.52. The molecular weight excluding hydrogens is 276 g/mol. The number of ether oxygens (including phenoxy) is 1. The van der Waals surface area contributed by atoms with Gasteiger partial charge in [-0.3, -0.25) is 4.90 Å². The Labute approximate surface area is 130 Å². The maximum absolute atomic E-state index is 12.4. The SMILES string of the molecule is COC(=O)N1C2=CC[C@H]3CCN4CC[C@]2(c2ccccc21)[C@@H]34. The van der Waals surface area contributed by atoms with Crippen LogP contribution in [0.2, 0.25) is 0 Å². The quantitative estimate of drug-likeness (QED) is 0.738. The number of methoxy groups -OCH3 is 1. The highest BCUT2D eigenvalue weighted by Crippen LogP contribution is 2.61. The summed E-state index contributed by atoms with van der Waals surface area (Å²) in [5.74, 6) is 0.733. The van der Waals surface area contributed by atoms with Gasteiger partial charge >= 0.3 is 6.09 Å². The number of carbonyl (C=O) groups is 1. The second-order valence-corrected chi connectivity index (χ2v) is 6.90. The molecular formula is C18H20N2O2. The molecule has 0 aromatic heterocycles. The Hall–Kier alpha value is -1.81. The van der Waals surface area contributed by atoms with Gasteiger partial charge in [-0.15, -0.1) is 0 Å². The first kappa shape index (κ1) is 12.7. The number of amides is 1. The van der Waals surface area contributed by atoms with Crippen LogP contribution in [0.15, 0.2) is 36.0 Å². The Bertz CT molecular complexity index is 698. The van der Waals surface area contributed by atoms with E-state index < -0.39 is 0 Å². The molecule has 114 valence electrons. The van der Waals surface area contributed by atoms with Gasteiger partial charge in [0.2, 0.25) is 0 Å². The molecule has 3 atom stereocenters. The summed E-state index contributed by atoms with van der Waals surface area (Å²) in [6, 6.07) is 8.96. The van der Waals surface area contributed by atoms with E-state index in [1.807, 2.05) is 11.0 Å². The van der Waals surface area contributed by atoms with E-state index in [4.69, 9.17) is 4.74 Å². The van der Waals surface area contributed by atoms with Crippen molar-refractivity contribution in [2.45, 2.75) is 30.7 Å². The van der Waals surface area contributed by atoms with E-state index in [0.717, 1.165) is 31.0 Å². The molecule has 0 radical (unpaired) electrons. The van der Waals surface area contributed by atoms with Crippen molar-refractivity contribution < 1.29 is 9.53 Å². The fourth-order valence-electron chi connectivity index (χ4n) is 5.52. The maximum atomic E-state index is 12.4. The summed E-state index contributed by atoms with van der Waals surface area (Å²) in [6.07, 6.45) is 5.54. The minimum absolute atomic E-state index is 0.00417. The van der Waals surface area contributed by atoms with Crippen molar-refractivity contribution in [1.82, 2.24) is 4.90 Å². The van der Waals surface area contributed by atoms with Gasteiger partial charge in [0.15, 0.2) is 0 Å². The van der Waals surface area contributed by atoms with Gasteiger partial charge in [-0.25, -0.2) is 9.69 Å². The topological polar surface area (TPSA) is 32.8 Å². The minimum Gasteiger partial charge on any atom is -0.452 e. The van der Waals surface area contributed by atoms with Crippen LogP contribution in [-0.2, 0) is 10.2 Å². The summed E-state index contributed by atoms with van der Waals surface area (Å²) in [5, 5.41) is 0. The van der Waals surface area contributed by atoms with Crippen molar-refractivity contribution in [1.29, 1.82) is 0 Å². The van der Waals surface area contributed by atoms with Gasteiger partial charge in [-0.1, -0.05) is 24.3 Å². The number of para-hydroxylation sites is 1. The summed E-state index contributed by atoms with van der Waals surface area (Å²) >= 11 is 0. The zero-order valence-corrected chi connectivity index (χ0v) is 12.8. The normalized spacial score (nSPS) is 35.0.